The van der Waals surface area contributed by atoms with Gasteiger partial charge in [0, 0.05) is 12.6 Å². The van der Waals surface area contributed by atoms with Gasteiger partial charge in [-0.05, 0) is 46.1 Å². The molecule has 0 aromatic rings. The summed E-state index contributed by atoms with van der Waals surface area (Å²) in [5.74, 6) is 0.784. The molecule has 2 heteroatoms. The van der Waals surface area contributed by atoms with E-state index >= 15 is 0 Å². The van der Waals surface area contributed by atoms with Crippen molar-refractivity contribution in [1.82, 2.24) is 5.32 Å². The number of hydrogen-bond donors (Lipinski definition) is 1. The normalized spacial score (nSPS) is 20.5. The fourth-order valence-corrected chi connectivity index (χ4v) is 1.96. The van der Waals surface area contributed by atoms with Gasteiger partial charge in [0.05, 0.1) is 6.10 Å². The third-order valence-corrected chi connectivity index (χ3v) is 2.78. The van der Waals surface area contributed by atoms with Crippen LogP contribution in [-0.2, 0) is 4.74 Å². The van der Waals surface area contributed by atoms with Gasteiger partial charge in [0.2, 0.25) is 0 Å². The number of ether oxygens (including phenoxy) is 1. The SMILES string of the molecule is C=C(C)CC(NC)C(OCC)C1CC1. The first-order valence-electron chi connectivity index (χ1n) is 5.62. The van der Waals surface area contributed by atoms with Crippen molar-refractivity contribution in [2.75, 3.05) is 13.7 Å². The summed E-state index contributed by atoms with van der Waals surface area (Å²) in [6.45, 7) is 8.94. The molecule has 2 atom stereocenters. The second-order valence-corrected chi connectivity index (χ2v) is 4.31. The zero-order chi connectivity index (χ0) is 10.6. The van der Waals surface area contributed by atoms with Crippen molar-refractivity contribution in [3.05, 3.63) is 12.2 Å². The average Bonchev–Trinajstić information content (AvgIpc) is 2.93. The molecule has 0 aromatic carbocycles. The van der Waals surface area contributed by atoms with Crippen LogP contribution in [0.2, 0.25) is 0 Å². The van der Waals surface area contributed by atoms with E-state index in [-0.39, 0.29) is 0 Å². The number of likely N-dealkylation sites (N-methyl/N-ethyl adjacent to an activating group) is 1. The highest BCUT2D eigenvalue weighted by Crippen LogP contribution is 2.36. The predicted molar refractivity (Wildman–Crippen MR) is 60.4 cm³/mol. The molecule has 1 N–H and O–H groups in total. The van der Waals surface area contributed by atoms with Crippen molar-refractivity contribution in [1.29, 1.82) is 0 Å². The summed E-state index contributed by atoms with van der Waals surface area (Å²) in [6, 6.07) is 0.444. The second-order valence-electron chi connectivity index (χ2n) is 4.31. The molecule has 0 bridgehead atoms. The first kappa shape index (κ1) is 11.7. The van der Waals surface area contributed by atoms with Gasteiger partial charge in [-0.15, -0.1) is 6.58 Å². The molecule has 0 aromatic heterocycles. The molecule has 1 saturated carbocycles. The van der Waals surface area contributed by atoms with E-state index < -0.39 is 0 Å². The fraction of sp³-hybridized carbons (Fsp3) is 0.833. The van der Waals surface area contributed by atoms with Gasteiger partial charge in [-0.1, -0.05) is 5.57 Å². The van der Waals surface area contributed by atoms with Crippen LogP contribution in [-0.4, -0.2) is 25.8 Å². The maximum absolute atomic E-state index is 5.82. The molecule has 14 heavy (non-hydrogen) atoms. The Kier molecular flexibility index (Phi) is 4.63. The minimum atomic E-state index is 0.390. The minimum Gasteiger partial charge on any atom is -0.377 e. The number of hydrogen-bond acceptors (Lipinski definition) is 2. The Hall–Kier alpha value is -0.340. The van der Waals surface area contributed by atoms with Crippen molar-refractivity contribution in [2.45, 2.75) is 45.3 Å². The summed E-state index contributed by atoms with van der Waals surface area (Å²) < 4.78 is 5.82. The van der Waals surface area contributed by atoms with E-state index in [4.69, 9.17) is 4.74 Å². The first-order valence-corrected chi connectivity index (χ1v) is 5.62. The molecule has 0 radical (unpaired) electrons. The molecule has 0 spiro atoms. The highest BCUT2D eigenvalue weighted by atomic mass is 16.5. The quantitative estimate of drug-likeness (QED) is 0.633. The monoisotopic (exact) mass is 197 g/mol. The molecule has 1 fully saturated rings. The van der Waals surface area contributed by atoms with E-state index in [0.29, 0.717) is 12.1 Å². The van der Waals surface area contributed by atoms with Gasteiger partial charge >= 0.3 is 0 Å². The number of rotatable bonds is 7. The lowest BCUT2D eigenvalue weighted by Gasteiger charge is -2.27. The minimum absolute atomic E-state index is 0.390. The van der Waals surface area contributed by atoms with Crippen LogP contribution in [0, 0.1) is 5.92 Å². The van der Waals surface area contributed by atoms with E-state index in [2.05, 4.69) is 25.7 Å². The Morgan fingerprint density at radius 3 is 2.57 bits per heavy atom. The summed E-state index contributed by atoms with van der Waals surface area (Å²) in [5.41, 5.74) is 1.23. The lowest BCUT2D eigenvalue weighted by Crippen LogP contribution is -2.41. The molecule has 0 saturated heterocycles. The average molecular weight is 197 g/mol. The van der Waals surface area contributed by atoms with Crippen LogP contribution in [0.4, 0.5) is 0 Å². The zero-order valence-electron chi connectivity index (χ0n) is 9.68. The van der Waals surface area contributed by atoms with E-state index in [0.717, 1.165) is 18.9 Å². The van der Waals surface area contributed by atoms with Crippen molar-refractivity contribution in [3.8, 4) is 0 Å². The third kappa shape index (κ3) is 3.43. The number of nitrogens with one attached hydrogen (secondary N) is 1. The standard InChI is InChI=1S/C12H23NO/c1-5-14-12(10-6-7-10)11(13-4)8-9(2)3/h10-13H,2,5-8H2,1,3-4H3. The van der Waals surface area contributed by atoms with Crippen molar-refractivity contribution < 1.29 is 4.74 Å². The lowest BCUT2D eigenvalue weighted by molar-refractivity contribution is 0.0211. The van der Waals surface area contributed by atoms with E-state index in [1.807, 2.05) is 7.05 Å². The lowest BCUT2D eigenvalue weighted by atomic mass is 10.00. The maximum Gasteiger partial charge on any atom is 0.0758 e. The predicted octanol–water partition coefficient (Wildman–Crippen LogP) is 2.36. The summed E-state index contributed by atoms with van der Waals surface area (Å²) in [6.07, 6.45) is 4.08. The topological polar surface area (TPSA) is 21.3 Å². The van der Waals surface area contributed by atoms with Crippen LogP contribution in [0.5, 0.6) is 0 Å². The Morgan fingerprint density at radius 2 is 2.21 bits per heavy atom. The fourth-order valence-electron chi connectivity index (χ4n) is 1.96. The van der Waals surface area contributed by atoms with E-state index in [1.165, 1.54) is 18.4 Å². The molecule has 1 rings (SSSR count). The first-order chi connectivity index (χ1) is 6.69. The summed E-state index contributed by atoms with van der Waals surface area (Å²) >= 11 is 0. The van der Waals surface area contributed by atoms with Gasteiger partial charge in [-0.3, -0.25) is 0 Å². The third-order valence-electron chi connectivity index (χ3n) is 2.78. The maximum atomic E-state index is 5.82. The van der Waals surface area contributed by atoms with Crippen LogP contribution < -0.4 is 5.32 Å². The van der Waals surface area contributed by atoms with Crippen LogP contribution in [0.3, 0.4) is 0 Å². The second kappa shape index (κ2) is 5.52. The summed E-state index contributed by atoms with van der Waals surface area (Å²) in [5, 5.41) is 3.35. The van der Waals surface area contributed by atoms with Gasteiger partial charge in [-0.2, -0.15) is 0 Å². The molecule has 2 unspecified atom stereocenters. The van der Waals surface area contributed by atoms with E-state index in [1.54, 1.807) is 0 Å². The van der Waals surface area contributed by atoms with Crippen LogP contribution in [0.15, 0.2) is 12.2 Å². The molecule has 82 valence electrons. The zero-order valence-corrected chi connectivity index (χ0v) is 9.68. The van der Waals surface area contributed by atoms with E-state index in [9.17, 15) is 0 Å². The van der Waals surface area contributed by atoms with Gasteiger partial charge < -0.3 is 10.1 Å². The molecule has 0 aliphatic heterocycles. The molecule has 2 nitrogen and oxygen atoms in total. The Morgan fingerprint density at radius 1 is 1.57 bits per heavy atom. The van der Waals surface area contributed by atoms with Crippen molar-refractivity contribution >= 4 is 0 Å². The molecule has 1 aliphatic carbocycles. The van der Waals surface area contributed by atoms with Crippen LogP contribution in [0.1, 0.15) is 33.1 Å². The molecular formula is C12H23NO. The van der Waals surface area contributed by atoms with Gasteiger partial charge in [0.15, 0.2) is 0 Å². The van der Waals surface area contributed by atoms with Gasteiger partial charge in [0.25, 0.3) is 0 Å². The molecule has 0 amide bonds. The molecule has 1 aliphatic rings. The molecular weight excluding hydrogens is 174 g/mol. The molecule has 0 heterocycles. The Labute approximate surface area is 87.7 Å². The largest absolute Gasteiger partial charge is 0.377 e. The smallest absolute Gasteiger partial charge is 0.0758 e. The summed E-state index contributed by atoms with van der Waals surface area (Å²) in [4.78, 5) is 0. The highest BCUT2D eigenvalue weighted by molar-refractivity contribution is 4.99. The summed E-state index contributed by atoms with van der Waals surface area (Å²) in [7, 11) is 2.02. The highest BCUT2D eigenvalue weighted by Gasteiger charge is 2.36. The van der Waals surface area contributed by atoms with Crippen molar-refractivity contribution in [3.63, 3.8) is 0 Å². The van der Waals surface area contributed by atoms with Gasteiger partial charge in [-0.25, -0.2) is 0 Å². The van der Waals surface area contributed by atoms with Crippen LogP contribution in [0.25, 0.3) is 0 Å². The van der Waals surface area contributed by atoms with Gasteiger partial charge in [0.1, 0.15) is 0 Å². The Balaban J connectivity index is 2.48. The van der Waals surface area contributed by atoms with Crippen molar-refractivity contribution in [2.24, 2.45) is 5.92 Å². The van der Waals surface area contributed by atoms with Crippen LogP contribution >= 0.6 is 0 Å². The Bertz CT molecular complexity index is 187.